The van der Waals surface area contributed by atoms with E-state index in [4.69, 9.17) is 0 Å². The highest BCUT2D eigenvalue weighted by Crippen LogP contribution is 2.33. The number of pyridine rings is 1. The van der Waals surface area contributed by atoms with Gasteiger partial charge in [0.05, 0.1) is 0 Å². The van der Waals surface area contributed by atoms with Gasteiger partial charge in [-0.05, 0) is 24.5 Å². The normalized spacial score (nSPS) is 14.5. The molecule has 1 heteroatoms. The second-order valence-electron chi connectivity index (χ2n) is 4.96. The fourth-order valence-corrected chi connectivity index (χ4v) is 2.71. The van der Waals surface area contributed by atoms with Crippen molar-refractivity contribution < 1.29 is 0 Å². The van der Waals surface area contributed by atoms with E-state index < -0.39 is 0 Å². The van der Waals surface area contributed by atoms with Crippen molar-refractivity contribution in [2.75, 3.05) is 0 Å². The minimum atomic E-state index is 0.668. The van der Waals surface area contributed by atoms with Crippen LogP contribution in [-0.4, -0.2) is 4.98 Å². The first-order valence-electron chi connectivity index (χ1n) is 7.24. The Bertz CT molecular complexity index is 281. The van der Waals surface area contributed by atoms with Gasteiger partial charge in [0.25, 0.3) is 0 Å². The van der Waals surface area contributed by atoms with Gasteiger partial charge in [0.2, 0.25) is 0 Å². The Morgan fingerprint density at radius 2 is 1.88 bits per heavy atom. The maximum Gasteiger partial charge on any atom is 0.0437 e. The van der Waals surface area contributed by atoms with Gasteiger partial charge >= 0.3 is 0 Å². The topological polar surface area (TPSA) is 12.9 Å². The Kier molecular flexibility index (Phi) is 6.91. The molecule has 0 aromatic carbocycles. The third kappa shape index (κ3) is 4.49. The molecule has 0 fully saturated rings. The fourth-order valence-electron chi connectivity index (χ4n) is 2.71. The van der Waals surface area contributed by atoms with E-state index in [0.717, 1.165) is 5.92 Å². The summed E-state index contributed by atoms with van der Waals surface area (Å²) in [6, 6.07) is 6.35. The summed E-state index contributed by atoms with van der Waals surface area (Å²) >= 11 is 0. The summed E-state index contributed by atoms with van der Waals surface area (Å²) in [7, 11) is 0. The molecule has 1 aromatic rings. The summed E-state index contributed by atoms with van der Waals surface area (Å²) in [5.74, 6) is 1.47. The van der Waals surface area contributed by atoms with E-state index in [2.05, 4.69) is 37.9 Å². The van der Waals surface area contributed by atoms with Gasteiger partial charge in [0.15, 0.2) is 0 Å². The van der Waals surface area contributed by atoms with Gasteiger partial charge in [0.1, 0.15) is 0 Å². The SMILES string of the molecule is CCCCC(c1ccccn1)C(CC)CCC. The van der Waals surface area contributed by atoms with Crippen molar-refractivity contribution in [1.29, 1.82) is 0 Å². The molecule has 0 bridgehead atoms. The number of nitrogens with zero attached hydrogens (tertiary/aromatic N) is 1. The highest BCUT2D eigenvalue weighted by molar-refractivity contribution is 5.10. The standard InChI is InChI=1S/C16H27N/c1-4-7-11-15(14(6-3)10-5-2)16-12-8-9-13-17-16/h8-9,12-15H,4-7,10-11H2,1-3H3. The molecule has 1 nitrogen and oxygen atoms in total. The molecule has 0 aliphatic carbocycles. The van der Waals surface area contributed by atoms with Crippen LogP contribution in [0.15, 0.2) is 24.4 Å². The van der Waals surface area contributed by atoms with Crippen LogP contribution in [0.5, 0.6) is 0 Å². The molecule has 0 aliphatic rings. The summed E-state index contributed by atoms with van der Waals surface area (Å²) in [4.78, 5) is 4.58. The Morgan fingerprint density at radius 3 is 2.41 bits per heavy atom. The number of hydrogen-bond donors (Lipinski definition) is 0. The van der Waals surface area contributed by atoms with Gasteiger partial charge in [-0.25, -0.2) is 0 Å². The van der Waals surface area contributed by atoms with Crippen LogP contribution in [0.2, 0.25) is 0 Å². The van der Waals surface area contributed by atoms with Crippen LogP contribution in [0.4, 0.5) is 0 Å². The molecule has 1 aromatic heterocycles. The Labute approximate surface area is 107 Å². The molecular formula is C16H27N. The van der Waals surface area contributed by atoms with Crippen LogP contribution >= 0.6 is 0 Å². The molecule has 17 heavy (non-hydrogen) atoms. The highest BCUT2D eigenvalue weighted by Gasteiger charge is 2.21. The predicted octanol–water partition coefficient (Wildman–Crippen LogP) is 5.18. The number of rotatable bonds is 8. The molecule has 0 amide bonds. The van der Waals surface area contributed by atoms with Crippen LogP contribution in [-0.2, 0) is 0 Å². The minimum Gasteiger partial charge on any atom is -0.261 e. The molecule has 2 atom stereocenters. The van der Waals surface area contributed by atoms with Gasteiger partial charge < -0.3 is 0 Å². The molecule has 0 radical (unpaired) electrons. The van der Waals surface area contributed by atoms with Crippen molar-refractivity contribution in [1.82, 2.24) is 4.98 Å². The summed E-state index contributed by atoms with van der Waals surface area (Å²) < 4.78 is 0. The molecule has 96 valence electrons. The second kappa shape index (κ2) is 8.27. The van der Waals surface area contributed by atoms with Crippen molar-refractivity contribution in [3.8, 4) is 0 Å². The number of aromatic nitrogens is 1. The Morgan fingerprint density at radius 1 is 1.06 bits per heavy atom. The predicted molar refractivity (Wildman–Crippen MR) is 75.2 cm³/mol. The van der Waals surface area contributed by atoms with E-state index in [0.29, 0.717) is 5.92 Å². The molecular weight excluding hydrogens is 206 g/mol. The molecule has 1 heterocycles. The highest BCUT2D eigenvalue weighted by atomic mass is 14.7. The molecule has 2 unspecified atom stereocenters. The quantitative estimate of drug-likeness (QED) is 0.602. The second-order valence-corrected chi connectivity index (χ2v) is 4.96. The zero-order chi connectivity index (χ0) is 12.5. The van der Waals surface area contributed by atoms with Crippen molar-refractivity contribution in [2.45, 2.75) is 65.2 Å². The van der Waals surface area contributed by atoms with Crippen LogP contribution in [0.25, 0.3) is 0 Å². The van der Waals surface area contributed by atoms with E-state index in [1.165, 1.54) is 44.2 Å². The van der Waals surface area contributed by atoms with Crippen molar-refractivity contribution >= 4 is 0 Å². The average molecular weight is 233 g/mol. The number of hydrogen-bond acceptors (Lipinski definition) is 1. The van der Waals surface area contributed by atoms with Gasteiger partial charge in [-0.2, -0.15) is 0 Å². The first kappa shape index (κ1) is 14.2. The zero-order valence-electron chi connectivity index (χ0n) is 11.7. The lowest BCUT2D eigenvalue weighted by Gasteiger charge is -2.25. The first-order chi connectivity index (χ1) is 8.33. The zero-order valence-corrected chi connectivity index (χ0v) is 11.7. The average Bonchev–Trinajstić information content (AvgIpc) is 2.39. The van der Waals surface area contributed by atoms with Crippen molar-refractivity contribution in [3.05, 3.63) is 30.1 Å². The molecule has 0 spiro atoms. The molecule has 0 saturated carbocycles. The lowest BCUT2D eigenvalue weighted by molar-refractivity contribution is 0.350. The van der Waals surface area contributed by atoms with E-state index >= 15 is 0 Å². The lowest BCUT2D eigenvalue weighted by Crippen LogP contribution is -2.14. The largest absolute Gasteiger partial charge is 0.261 e. The summed E-state index contributed by atoms with van der Waals surface area (Å²) in [6.45, 7) is 6.89. The third-order valence-electron chi connectivity index (χ3n) is 3.69. The van der Waals surface area contributed by atoms with Crippen LogP contribution in [0.1, 0.15) is 70.9 Å². The van der Waals surface area contributed by atoms with Gasteiger partial charge in [-0.1, -0.05) is 58.9 Å². The lowest BCUT2D eigenvalue weighted by atomic mass is 9.81. The van der Waals surface area contributed by atoms with Crippen LogP contribution in [0, 0.1) is 5.92 Å². The summed E-state index contributed by atoms with van der Waals surface area (Å²) in [6.07, 6.45) is 9.74. The molecule has 0 aliphatic heterocycles. The van der Waals surface area contributed by atoms with E-state index in [-0.39, 0.29) is 0 Å². The maximum atomic E-state index is 4.58. The fraction of sp³-hybridized carbons (Fsp3) is 0.688. The maximum absolute atomic E-state index is 4.58. The Hall–Kier alpha value is -0.850. The van der Waals surface area contributed by atoms with Gasteiger partial charge in [0, 0.05) is 17.8 Å². The van der Waals surface area contributed by atoms with E-state index in [1.54, 1.807) is 0 Å². The monoisotopic (exact) mass is 233 g/mol. The van der Waals surface area contributed by atoms with Crippen LogP contribution < -0.4 is 0 Å². The minimum absolute atomic E-state index is 0.668. The third-order valence-corrected chi connectivity index (χ3v) is 3.69. The van der Waals surface area contributed by atoms with Gasteiger partial charge in [-0.15, -0.1) is 0 Å². The smallest absolute Gasteiger partial charge is 0.0437 e. The number of unbranched alkanes of at least 4 members (excludes halogenated alkanes) is 1. The summed E-state index contributed by atoms with van der Waals surface area (Å²) in [5, 5.41) is 0. The van der Waals surface area contributed by atoms with Crippen LogP contribution in [0.3, 0.4) is 0 Å². The molecule has 0 saturated heterocycles. The summed E-state index contributed by atoms with van der Waals surface area (Å²) in [5.41, 5.74) is 1.31. The Balaban J connectivity index is 2.78. The van der Waals surface area contributed by atoms with E-state index in [1.807, 2.05) is 12.3 Å². The van der Waals surface area contributed by atoms with E-state index in [9.17, 15) is 0 Å². The van der Waals surface area contributed by atoms with Crippen molar-refractivity contribution in [3.63, 3.8) is 0 Å². The van der Waals surface area contributed by atoms with Gasteiger partial charge in [-0.3, -0.25) is 4.98 Å². The van der Waals surface area contributed by atoms with Crippen molar-refractivity contribution in [2.24, 2.45) is 5.92 Å². The molecule has 0 N–H and O–H groups in total. The first-order valence-corrected chi connectivity index (χ1v) is 7.24. The molecule has 1 rings (SSSR count).